The van der Waals surface area contributed by atoms with E-state index in [4.69, 9.17) is 0 Å². The van der Waals surface area contributed by atoms with E-state index in [0.717, 1.165) is 0 Å². The van der Waals surface area contributed by atoms with Crippen molar-refractivity contribution in [2.24, 2.45) is 0 Å². The molecular weight excluding hydrogens is 226 g/mol. The van der Waals surface area contributed by atoms with Crippen LogP contribution in [0.2, 0.25) is 0 Å². The van der Waals surface area contributed by atoms with Crippen LogP contribution in [0.25, 0.3) is 0 Å². The highest BCUT2D eigenvalue weighted by atomic mass is 32.2. The summed E-state index contributed by atoms with van der Waals surface area (Å²) >= 11 is 3.44. The number of fused-ring (bicyclic) bond motifs is 1. The SMILES string of the molecule is C[N+](C)=C1SC2CS(=O)(=O)CC2S1. The lowest BCUT2D eigenvalue weighted by molar-refractivity contribution is -0.458. The highest BCUT2D eigenvalue weighted by molar-refractivity contribution is 8.42. The van der Waals surface area contributed by atoms with Gasteiger partial charge in [0.05, 0.1) is 11.5 Å². The zero-order valence-corrected chi connectivity index (χ0v) is 10.0. The van der Waals surface area contributed by atoms with Gasteiger partial charge in [0.15, 0.2) is 9.84 Å². The molecule has 2 aliphatic heterocycles. The van der Waals surface area contributed by atoms with Crippen LogP contribution in [0.4, 0.5) is 0 Å². The molecule has 0 spiro atoms. The Balaban J connectivity index is 2.18. The Morgan fingerprint density at radius 2 is 1.69 bits per heavy atom. The van der Waals surface area contributed by atoms with E-state index in [1.165, 1.54) is 4.38 Å². The highest BCUT2D eigenvalue weighted by Gasteiger charge is 2.47. The molecule has 2 aliphatic rings. The summed E-state index contributed by atoms with van der Waals surface area (Å²) in [5, 5.41) is 0.597. The van der Waals surface area contributed by atoms with Gasteiger partial charge in [0, 0.05) is 10.5 Å². The number of rotatable bonds is 0. The Morgan fingerprint density at radius 1 is 1.23 bits per heavy atom. The molecule has 0 amide bonds. The summed E-state index contributed by atoms with van der Waals surface area (Å²) in [6, 6.07) is 0. The van der Waals surface area contributed by atoms with Crippen molar-refractivity contribution in [3.63, 3.8) is 0 Å². The normalized spacial score (nSPS) is 36.3. The number of hydrogen-bond acceptors (Lipinski definition) is 4. The molecule has 2 heterocycles. The van der Waals surface area contributed by atoms with Crippen LogP contribution in [-0.2, 0) is 9.84 Å². The standard InChI is InChI=1S/C7H12NO2S3/c1-8(2)7-11-5-3-13(9,10)4-6(5)12-7/h5-6H,3-4H2,1-2H3/q+1. The van der Waals surface area contributed by atoms with E-state index >= 15 is 0 Å². The largest absolute Gasteiger partial charge is 0.270 e. The van der Waals surface area contributed by atoms with Crippen LogP contribution < -0.4 is 0 Å². The summed E-state index contributed by atoms with van der Waals surface area (Å²) in [5.74, 6) is 0.735. The molecule has 3 nitrogen and oxygen atoms in total. The fourth-order valence-electron chi connectivity index (χ4n) is 1.50. The minimum absolute atomic E-state index is 0.299. The van der Waals surface area contributed by atoms with Gasteiger partial charge in [-0.05, 0) is 23.5 Å². The molecule has 2 atom stereocenters. The van der Waals surface area contributed by atoms with E-state index in [2.05, 4.69) is 4.58 Å². The molecule has 13 heavy (non-hydrogen) atoms. The third-order valence-corrected chi connectivity index (χ3v) is 7.76. The van der Waals surface area contributed by atoms with Crippen molar-refractivity contribution in [1.29, 1.82) is 0 Å². The zero-order valence-electron chi connectivity index (χ0n) is 7.56. The molecule has 2 unspecified atom stereocenters. The van der Waals surface area contributed by atoms with E-state index in [1.54, 1.807) is 23.5 Å². The maximum atomic E-state index is 11.3. The van der Waals surface area contributed by atoms with Crippen molar-refractivity contribution in [3.05, 3.63) is 0 Å². The molecule has 2 saturated heterocycles. The van der Waals surface area contributed by atoms with Gasteiger partial charge >= 0.3 is 0 Å². The maximum absolute atomic E-state index is 11.3. The van der Waals surface area contributed by atoms with Gasteiger partial charge in [-0.3, -0.25) is 0 Å². The summed E-state index contributed by atoms with van der Waals surface area (Å²) in [6.45, 7) is 0. The molecule has 0 radical (unpaired) electrons. The van der Waals surface area contributed by atoms with Crippen molar-refractivity contribution in [1.82, 2.24) is 0 Å². The molecule has 2 rings (SSSR count). The van der Waals surface area contributed by atoms with Crippen LogP contribution in [0, 0.1) is 0 Å². The summed E-state index contributed by atoms with van der Waals surface area (Å²) in [7, 11) is 1.28. The fraction of sp³-hybridized carbons (Fsp3) is 0.857. The molecule has 0 N–H and O–H groups in total. The first-order valence-corrected chi connectivity index (χ1v) is 7.64. The first-order chi connectivity index (χ1) is 5.98. The van der Waals surface area contributed by atoms with Crippen molar-refractivity contribution >= 4 is 37.7 Å². The molecule has 6 heteroatoms. The minimum Gasteiger partial charge on any atom is -0.229 e. The average Bonchev–Trinajstić information content (AvgIpc) is 2.39. The quantitative estimate of drug-likeness (QED) is 0.567. The molecule has 0 aliphatic carbocycles. The van der Waals surface area contributed by atoms with E-state index < -0.39 is 9.84 Å². The van der Waals surface area contributed by atoms with Gasteiger partial charge in [0.2, 0.25) is 0 Å². The van der Waals surface area contributed by atoms with Crippen LogP contribution >= 0.6 is 23.5 Å². The topological polar surface area (TPSA) is 37.1 Å². The second-order valence-electron chi connectivity index (χ2n) is 3.55. The maximum Gasteiger partial charge on any atom is 0.270 e. The molecule has 0 aromatic carbocycles. The van der Waals surface area contributed by atoms with E-state index in [0.29, 0.717) is 22.0 Å². The van der Waals surface area contributed by atoms with Crippen LogP contribution in [-0.4, -0.2) is 53.5 Å². The summed E-state index contributed by atoms with van der Waals surface area (Å²) in [6.07, 6.45) is 0. The third kappa shape index (κ3) is 1.89. The van der Waals surface area contributed by atoms with E-state index in [1.807, 2.05) is 14.1 Å². The summed E-state index contributed by atoms with van der Waals surface area (Å²) in [4.78, 5) is 0. The number of sulfone groups is 1. The predicted molar refractivity (Wildman–Crippen MR) is 58.5 cm³/mol. The molecule has 0 aromatic rings. The summed E-state index contributed by atoms with van der Waals surface area (Å²) < 4.78 is 25.9. The van der Waals surface area contributed by atoms with Crippen LogP contribution in [0.15, 0.2) is 0 Å². The van der Waals surface area contributed by atoms with Gasteiger partial charge in [-0.2, -0.15) is 0 Å². The molecule has 74 valence electrons. The molecule has 0 saturated carbocycles. The zero-order chi connectivity index (χ0) is 9.64. The van der Waals surface area contributed by atoms with Crippen molar-refractivity contribution in [2.75, 3.05) is 25.6 Å². The van der Waals surface area contributed by atoms with Gasteiger partial charge in [-0.25, -0.2) is 13.0 Å². The van der Waals surface area contributed by atoms with Gasteiger partial charge < -0.3 is 0 Å². The van der Waals surface area contributed by atoms with Gasteiger partial charge in [-0.15, -0.1) is 0 Å². The highest BCUT2D eigenvalue weighted by Crippen LogP contribution is 2.43. The van der Waals surface area contributed by atoms with Crippen molar-refractivity contribution in [2.45, 2.75) is 10.5 Å². The fourth-order valence-corrected chi connectivity index (χ4v) is 7.87. The van der Waals surface area contributed by atoms with E-state index in [9.17, 15) is 8.42 Å². The van der Waals surface area contributed by atoms with Gasteiger partial charge in [0.1, 0.15) is 14.1 Å². The van der Waals surface area contributed by atoms with Gasteiger partial charge in [0.25, 0.3) is 4.38 Å². The third-order valence-electron chi connectivity index (χ3n) is 2.12. The van der Waals surface area contributed by atoms with E-state index in [-0.39, 0.29) is 0 Å². The second kappa shape index (κ2) is 3.17. The Morgan fingerprint density at radius 3 is 2.08 bits per heavy atom. The van der Waals surface area contributed by atoms with Crippen LogP contribution in [0.1, 0.15) is 0 Å². The minimum atomic E-state index is -2.73. The molecule has 0 bridgehead atoms. The first kappa shape index (κ1) is 9.86. The summed E-state index contributed by atoms with van der Waals surface area (Å²) in [5.41, 5.74) is 0. The Labute approximate surface area is 86.9 Å². The van der Waals surface area contributed by atoms with Gasteiger partial charge in [-0.1, -0.05) is 0 Å². The first-order valence-electron chi connectivity index (χ1n) is 4.06. The number of thioether (sulfide) groups is 2. The lowest BCUT2D eigenvalue weighted by atomic mass is 10.4. The monoisotopic (exact) mass is 238 g/mol. The lowest BCUT2D eigenvalue weighted by Crippen LogP contribution is -2.10. The number of hydrogen-bond donors (Lipinski definition) is 0. The van der Waals surface area contributed by atoms with Crippen LogP contribution in [0.5, 0.6) is 0 Å². The Kier molecular flexibility index (Phi) is 2.40. The molecule has 0 aromatic heterocycles. The van der Waals surface area contributed by atoms with Crippen LogP contribution in [0.3, 0.4) is 0 Å². The Bertz CT molecular complexity index is 334. The second-order valence-corrected chi connectivity index (χ2v) is 8.42. The molecule has 2 fully saturated rings. The average molecular weight is 238 g/mol. The Hall–Kier alpha value is 0.320. The smallest absolute Gasteiger partial charge is 0.229 e. The number of nitrogens with zero attached hydrogens (tertiary/aromatic N) is 1. The molecular formula is C7H12NO2S3+. The predicted octanol–water partition coefficient (Wildman–Crippen LogP) is 0.260. The van der Waals surface area contributed by atoms with Crippen molar-refractivity contribution < 1.29 is 13.0 Å². The van der Waals surface area contributed by atoms with Crippen molar-refractivity contribution in [3.8, 4) is 0 Å². The lowest BCUT2D eigenvalue weighted by Gasteiger charge is -1.97.